The predicted octanol–water partition coefficient (Wildman–Crippen LogP) is 0.743. The Morgan fingerprint density at radius 3 is 2.30 bits per heavy atom. The monoisotopic (exact) mass is 439 g/mol. The number of carbonyl (C=O) groups is 2. The van der Waals surface area contributed by atoms with Gasteiger partial charge in [-0.2, -0.15) is 0 Å². The third-order valence-electron chi connectivity index (χ3n) is 2.97. The van der Waals surface area contributed by atoms with E-state index in [1.54, 1.807) is 7.05 Å². The molecule has 2 amide bonds. The first-order chi connectivity index (χ1) is 10.3. The largest absolute Gasteiger partial charge is 0.356 e. The summed E-state index contributed by atoms with van der Waals surface area (Å²) < 4.78 is 0. The topological polar surface area (TPSA) is 94.6 Å². The summed E-state index contributed by atoms with van der Waals surface area (Å²) in [5.41, 5.74) is -0.245. The van der Waals surface area contributed by atoms with Gasteiger partial charge >= 0.3 is 0 Å². The van der Waals surface area contributed by atoms with Gasteiger partial charge in [-0.15, -0.1) is 24.0 Å². The molecule has 1 saturated carbocycles. The van der Waals surface area contributed by atoms with Crippen LogP contribution in [0.2, 0.25) is 0 Å². The molecule has 0 saturated heterocycles. The Morgan fingerprint density at radius 2 is 1.78 bits per heavy atom. The Labute approximate surface area is 155 Å². The van der Waals surface area contributed by atoms with Crippen LogP contribution in [0.25, 0.3) is 0 Å². The number of carbonyl (C=O) groups excluding carboxylic acids is 2. The second-order valence-corrected chi connectivity index (χ2v) is 6.60. The molecular weight excluding hydrogens is 409 g/mol. The van der Waals surface area contributed by atoms with E-state index in [0.717, 1.165) is 19.3 Å². The van der Waals surface area contributed by atoms with E-state index >= 15 is 0 Å². The van der Waals surface area contributed by atoms with Gasteiger partial charge in [0.2, 0.25) is 11.8 Å². The Bertz CT molecular complexity index is 417. The Hall–Kier alpha value is -1.06. The molecule has 134 valence electrons. The molecular formula is C15H30IN5O2. The fraction of sp³-hybridized carbons (Fsp3) is 0.800. The lowest BCUT2D eigenvalue weighted by atomic mass is 10.1. The van der Waals surface area contributed by atoms with Crippen LogP contribution >= 0.6 is 24.0 Å². The molecule has 23 heavy (non-hydrogen) atoms. The predicted molar refractivity (Wildman–Crippen MR) is 103 cm³/mol. The quantitative estimate of drug-likeness (QED) is 0.204. The molecule has 1 rings (SSSR count). The molecule has 0 aromatic rings. The van der Waals surface area contributed by atoms with Gasteiger partial charge in [0.25, 0.3) is 0 Å². The van der Waals surface area contributed by atoms with Crippen LogP contribution in [0.1, 0.15) is 46.5 Å². The average Bonchev–Trinajstić information content (AvgIpc) is 3.19. The summed E-state index contributed by atoms with van der Waals surface area (Å²) in [7, 11) is 1.65. The molecule has 1 aliphatic carbocycles. The summed E-state index contributed by atoms with van der Waals surface area (Å²) in [6, 6.07) is 0.413. The number of nitrogens with zero attached hydrogens (tertiary/aromatic N) is 1. The van der Waals surface area contributed by atoms with E-state index in [0.29, 0.717) is 25.0 Å². The highest BCUT2D eigenvalue weighted by Crippen LogP contribution is 2.18. The minimum atomic E-state index is -0.245. The third-order valence-corrected chi connectivity index (χ3v) is 2.97. The molecule has 0 aliphatic heterocycles. The van der Waals surface area contributed by atoms with Gasteiger partial charge in [-0.1, -0.05) is 0 Å². The van der Waals surface area contributed by atoms with Gasteiger partial charge in [0.1, 0.15) is 0 Å². The summed E-state index contributed by atoms with van der Waals surface area (Å²) in [6.07, 6.45) is 3.45. The fourth-order valence-corrected chi connectivity index (χ4v) is 1.83. The van der Waals surface area contributed by atoms with Crippen LogP contribution < -0.4 is 21.3 Å². The Balaban J connectivity index is 0.00000484. The maximum Gasteiger partial charge on any atom is 0.239 e. The highest BCUT2D eigenvalue weighted by atomic mass is 127. The lowest BCUT2D eigenvalue weighted by molar-refractivity contribution is -0.122. The lowest BCUT2D eigenvalue weighted by Crippen LogP contribution is -2.48. The van der Waals surface area contributed by atoms with Crippen LogP contribution in [0, 0.1) is 0 Å². The van der Waals surface area contributed by atoms with E-state index in [9.17, 15) is 9.59 Å². The smallest absolute Gasteiger partial charge is 0.239 e. The molecule has 0 radical (unpaired) electrons. The van der Waals surface area contributed by atoms with Crippen molar-refractivity contribution < 1.29 is 9.59 Å². The SMILES string of the molecule is CN=C(NCCCC(=O)NC1CC1)NCC(=O)NC(C)(C)C.I. The van der Waals surface area contributed by atoms with Crippen LogP contribution in [-0.4, -0.2) is 49.5 Å². The molecule has 0 heterocycles. The van der Waals surface area contributed by atoms with Crippen LogP contribution in [0.5, 0.6) is 0 Å². The molecule has 0 atom stereocenters. The zero-order chi connectivity index (χ0) is 16.6. The second-order valence-electron chi connectivity index (χ2n) is 6.60. The molecule has 8 heteroatoms. The molecule has 1 fully saturated rings. The number of amides is 2. The molecule has 0 unspecified atom stereocenters. The minimum absolute atomic E-state index is 0. The highest BCUT2D eigenvalue weighted by Gasteiger charge is 2.22. The maximum atomic E-state index is 11.7. The van der Waals surface area contributed by atoms with E-state index in [2.05, 4.69) is 26.3 Å². The van der Waals surface area contributed by atoms with E-state index in [4.69, 9.17) is 0 Å². The van der Waals surface area contributed by atoms with Crippen LogP contribution in [-0.2, 0) is 9.59 Å². The normalized spacial score (nSPS) is 14.5. The summed E-state index contributed by atoms with van der Waals surface area (Å²) in [5, 5.41) is 11.9. The number of halogens is 1. The van der Waals surface area contributed by atoms with Gasteiger partial charge in [-0.05, 0) is 40.0 Å². The molecule has 0 aromatic carbocycles. The molecule has 1 aliphatic rings. The number of hydrogen-bond donors (Lipinski definition) is 4. The minimum Gasteiger partial charge on any atom is -0.356 e. The molecule has 0 bridgehead atoms. The number of hydrogen-bond acceptors (Lipinski definition) is 3. The standard InChI is InChI=1S/C15H29N5O2.HI/c1-15(2,3)20-13(22)10-18-14(16-4)17-9-5-6-12(21)19-11-7-8-11;/h11H,5-10H2,1-4H3,(H,19,21)(H,20,22)(H2,16,17,18);1H. The molecule has 4 N–H and O–H groups in total. The van der Waals surface area contributed by atoms with Gasteiger partial charge in [-0.25, -0.2) is 0 Å². The van der Waals surface area contributed by atoms with Gasteiger partial charge in [0.05, 0.1) is 6.54 Å². The van der Waals surface area contributed by atoms with Gasteiger partial charge in [0.15, 0.2) is 5.96 Å². The van der Waals surface area contributed by atoms with Crippen molar-refractivity contribution in [3.05, 3.63) is 0 Å². The molecule has 0 spiro atoms. The van der Waals surface area contributed by atoms with Crippen molar-refractivity contribution in [1.29, 1.82) is 0 Å². The van der Waals surface area contributed by atoms with Crippen molar-refractivity contribution in [3.8, 4) is 0 Å². The highest BCUT2D eigenvalue weighted by molar-refractivity contribution is 14.0. The van der Waals surface area contributed by atoms with E-state index in [1.807, 2.05) is 20.8 Å². The molecule has 0 aromatic heterocycles. The Morgan fingerprint density at radius 1 is 1.13 bits per heavy atom. The lowest BCUT2D eigenvalue weighted by Gasteiger charge is -2.21. The van der Waals surface area contributed by atoms with Crippen molar-refractivity contribution >= 4 is 41.8 Å². The van der Waals surface area contributed by atoms with Crippen LogP contribution in [0.15, 0.2) is 4.99 Å². The summed E-state index contributed by atoms with van der Waals surface area (Å²) in [4.78, 5) is 27.3. The Kier molecular flexibility index (Phi) is 10.2. The van der Waals surface area contributed by atoms with Crippen LogP contribution in [0.3, 0.4) is 0 Å². The number of guanidine groups is 1. The van der Waals surface area contributed by atoms with Gasteiger partial charge in [-0.3, -0.25) is 14.6 Å². The third kappa shape index (κ3) is 12.1. The van der Waals surface area contributed by atoms with E-state index in [1.165, 1.54) is 0 Å². The molecule has 7 nitrogen and oxygen atoms in total. The fourth-order valence-electron chi connectivity index (χ4n) is 1.83. The van der Waals surface area contributed by atoms with Crippen molar-refractivity contribution in [2.45, 2.75) is 58.0 Å². The van der Waals surface area contributed by atoms with Crippen molar-refractivity contribution in [2.24, 2.45) is 4.99 Å². The zero-order valence-corrected chi connectivity index (χ0v) is 16.8. The van der Waals surface area contributed by atoms with Gasteiger partial charge < -0.3 is 21.3 Å². The maximum absolute atomic E-state index is 11.7. The number of nitrogens with one attached hydrogen (secondary N) is 4. The van der Waals surface area contributed by atoms with Crippen molar-refractivity contribution in [2.75, 3.05) is 20.1 Å². The van der Waals surface area contributed by atoms with E-state index < -0.39 is 0 Å². The van der Waals surface area contributed by atoms with Crippen molar-refractivity contribution in [1.82, 2.24) is 21.3 Å². The first-order valence-corrected chi connectivity index (χ1v) is 7.85. The van der Waals surface area contributed by atoms with Crippen molar-refractivity contribution in [3.63, 3.8) is 0 Å². The van der Waals surface area contributed by atoms with E-state index in [-0.39, 0.29) is 47.9 Å². The zero-order valence-electron chi connectivity index (χ0n) is 14.5. The summed E-state index contributed by atoms with van der Waals surface area (Å²) >= 11 is 0. The summed E-state index contributed by atoms with van der Waals surface area (Å²) in [6.45, 7) is 6.61. The van der Waals surface area contributed by atoms with Crippen LogP contribution in [0.4, 0.5) is 0 Å². The first kappa shape index (κ1) is 21.9. The second kappa shape index (κ2) is 10.7. The first-order valence-electron chi connectivity index (χ1n) is 7.85. The summed E-state index contributed by atoms with van der Waals surface area (Å²) in [5.74, 6) is 0.586. The van der Waals surface area contributed by atoms with Gasteiger partial charge in [0, 0.05) is 31.6 Å². The number of aliphatic imine (C=N–C) groups is 1. The average molecular weight is 439 g/mol. The number of rotatable bonds is 7.